The molecule has 10 heteroatoms. The maximum Gasteiger partial charge on any atom is 0.194 e. The average Bonchev–Trinajstić information content (AvgIpc) is 2.94. The monoisotopic (exact) mass is 552 g/mol. The zero-order valence-electron chi connectivity index (χ0n) is 21.2. The van der Waals surface area contributed by atoms with Crippen molar-refractivity contribution in [1.82, 2.24) is 9.88 Å². The van der Waals surface area contributed by atoms with E-state index in [-0.39, 0.29) is 19.6 Å². The Morgan fingerprint density at radius 1 is 1.11 bits per heavy atom. The molecule has 1 atom stereocenters. The Bertz CT molecular complexity index is 1230. The quantitative estimate of drug-likeness (QED) is 0.178. The van der Waals surface area contributed by atoms with Crippen LogP contribution in [0, 0.1) is 22.9 Å². The van der Waals surface area contributed by atoms with Crippen LogP contribution in [-0.4, -0.2) is 59.2 Å². The number of benzene rings is 2. The van der Waals surface area contributed by atoms with Crippen LogP contribution in [0.1, 0.15) is 43.0 Å². The number of aromatic nitrogens is 1. The van der Waals surface area contributed by atoms with E-state index in [1.165, 1.54) is 25.1 Å². The Balaban J connectivity index is 1.34. The summed E-state index contributed by atoms with van der Waals surface area (Å²) in [6, 6.07) is 7.24. The maximum atomic E-state index is 15.7. The van der Waals surface area contributed by atoms with Crippen LogP contribution in [0.15, 0.2) is 41.4 Å². The highest BCUT2D eigenvalue weighted by atomic mass is 32.2. The van der Waals surface area contributed by atoms with E-state index >= 15 is 4.39 Å². The van der Waals surface area contributed by atoms with Crippen molar-refractivity contribution in [2.45, 2.75) is 43.4 Å². The molecule has 1 unspecified atom stereocenters. The van der Waals surface area contributed by atoms with Crippen molar-refractivity contribution >= 4 is 22.7 Å². The van der Waals surface area contributed by atoms with Crippen molar-refractivity contribution in [1.29, 1.82) is 0 Å². The van der Waals surface area contributed by atoms with Crippen LogP contribution in [0.4, 0.5) is 17.6 Å². The minimum atomic E-state index is -1.47. The van der Waals surface area contributed by atoms with Crippen LogP contribution >= 0.6 is 11.8 Å². The smallest absolute Gasteiger partial charge is 0.194 e. The normalized spacial score (nSPS) is 16.6. The summed E-state index contributed by atoms with van der Waals surface area (Å²) in [7, 11) is 1.54. The first kappa shape index (κ1) is 28.6. The SMILES string of the molecule is COc1ccc2ncc(CO)c(C(F)CCC3(CO)CCN(CCSc4cc(F)c(F)c(F)c4)CC3)c2c1. The fraction of sp³-hybridized carbons (Fsp3) is 0.464. The zero-order valence-corrected chi connectivity index (χ0v) is 22.0. The summed E-state index contributed by atoms with van der Waals surface area (Å²) >= 11 is 1.25. The van der Waals surface area contributed by atoms with Gasteiger partial charge in [0.2, 0.25) is 0 Å². The minimum Gasteiger partial charge on any atom is -0.497 e. The van der Waals surface area contributed by atoms with Crippen molar-refractivity contribution in [3.63, 3.8) is 0 Å². The highest BCUT2D eigenvalue weighted by Gasteiger charge is 2.35. The number of nitrogens with zero attached hydrogens (tertiary/aromatic N) is 2. The number of rotatable bonds is 11. The molecule has 2 aromatic carbocycles. The molecule has 2 N–H and O–H groups in total. The third-order valence-corrected chi connectivity index (χ3v) is 8.45. The molecule has 0 aliphatic carbocycles. The van der Waals surface area contributed by atoms with Gasteiger partial charge in [-0.3, -0.25) is 4.98 Å². The zero-order chi connectivity index (χ0) is 27.3. The van der Waals surface area contributed by atoms with E-state index in [9.17, 15) is 23.4 Å². The van der Waals surface area contributed by atoms with Crippen molar-refractivity contribution in [3.8, 4) is 5.75 Å². The number of likely N-dealkylation sites (tertiary alicyclic amines) is 1. The van der Waals surface area contributed by atoms with Crippen molar-refractivity contribution < 1.29 is 32.5 Å². The summed E-state index contributed by atoms with van der Waals surface area (Å²) in [6.45, 7) is 1.71. The second-order valence-corrected chi connectivity index (χ2v) is 11.0. The maximum absolute atomic E-state index is 15.7. The summed E-state index contributed by atoms with van der Waals surface area (Å²) in [4.78, 5) is 6.87. The molecule has 1 saturated heterocycles. The number of thioether (sulfide) groups is 1. The minimum absolute atomic E-state index is 0.0474. The van der Waals surface area contributed by atoms with Gasteiger partial charge in [-0.1, -0.05) is 0 Å². The third-order valence-electron chi connectivity index (χ3n) is 7.50. The van der Waals surface area contributed by atoms with E-state index in [1.807, 2.05) is 0 Å². The van der Waals surface area contributed by atoms with Crippen LogP contribution < -0.4 is 4.74 Å². The number of piperidine rings is 1. The van der Waals surface area contributed by atoms with Gasteiger partial charge in [-0.25, -0.2) is 17.6 Å². The topological polar surface area (TPSA) is 65.8 Å². The Labute approximate surface area is 223 Å². The molecular formula is C28H32F4N2O3S. The molecule has 1 aromatic heterocycles. The number of fused-ring (bicyclic) bond motifs is 1. The highest BCUT2D eigenvalue weighted by molar-refractivity contribution is 7.99. The Kier molecular flexibility index (Phi) is 9.51. The van der Waals surface area contributed by atoms with Crippen LogP contribution in [0.5, 0.6) is 5.75 Å². The number of methoxy groups -OCH3 is 1. The lowest BCUT2D eigenvalue weighted by molar-refractivity contribution is 0.0322. The largest absolute Gasteiger partial charge is 0.497 e. The standard InChI is InChI=1S/C28H32F4N2O3S/c1-37-19-2-3-25-21(12-19)26(18(16-35)15-33-25)22(29)4-5-28(17-36)6-8-34(9-7-28)10-11-38-20-13-23(30)27(32)24(31)14-20/h2-3,12-15,22,35-36H,4-11,16-17H2,1H3. The summed E-state index contributed by atoms with van der Waals surface area (Å²) in [5.74, 6) is -2.71. The van der Waals surface area contributed by atoms with Gasteiger partial charge in [0, 0.05) is 46.5 Å². The fourth-order valence-corrected chi connectivity index (χ4v) is 6.04. The van der Waals surface area contributed by atoms with Gasteiger partial charge in [-0.2, -0.15) is 0 Å². The van der Waals surface area contributed by atoms with Crippen molar-refractivity contribution in [3.05, 3.63) is 65.1 Å². The summed E-state index contributed by atoms with van der Waals surface area (Å²) in [5.41, 5.74) is 1.06. The molecule has 0 spiro atoms. The van der Waals surface area contributed by atoms with E-state index in [4.69, 9.17) is 4.74 Å². The second kappa shape index (κ2) is 12.6. The predicted octanol–water partition coefficient (Wildman–Crippen LogP) is 5.81. The summed E-state index contributed by atoms with van der Waals surface area (Å²) < 4.78 is 61.0. The Hall–Kier alpha value is -2.40. The first-order chi connectivity index (χ1) is 18.3. The molecule has 4 rings (SSSR count). The van der Waals surface area contributed by atoms with Gasteiger partial charge in [0.25, 0.3) is 0 Å². The van der Waals surface area contributed by atoms with Crippen LogP contribution in [0.25, 0.3) is 10.9 Å². The molecule has 0 radical (unpaired) electrons. The molecule has 0 bridgehead atoms. The van der Waals surface area contributed by atoms with Gasteiger partial charge in [0.1, 0.15) is 11.9 Å². The van der Waals surface area contributed by atoms with Gasteiger partial charge in [0.15, 0.2) is 17.5 Å². The van der Waals surface area contributed by atoms with Crippen molar-refractivity contribution in [2.24, 2.45) is 5.41 Å². The predicted molar refractivity (Wildman–Crippen MR) is 140 cm³/mol. The lowest BCUT2D eigenvalue weighted by atomic mass is 9.74. The fourth-order valence-electron chi connectivity index (χ4n) is 5.08. The molecule has 2 heterocycles. The average molecular weight is 553 g/mol. The lowest BCUT2D eigenvalue weighted by Gasteiger charge is -2.41. The van der Waals surface area contributed by atoms with Gasteiger partial charge >= 0.3 is 0 Å². The van der Waals surface area contributed by atoms with E-state index in [1.54, 1.807) is 18.2 Å². The molecule has 38 heavy (non-hydrogen) atoms. The number of hydrogen-bond acceptors (Lipinski definition) is 6. The van der Waals surface area contributed by atoms with E-state index in [2.05, 4.69) is 9.88 Å². The van der Waals surface area contributed by atoms with Gasteiger partial charge in [0.05, 0.1) is 19.2 Å². The number of aliphatic hydroxyl groups is 2. The highest BCUT2D eigenvalue weighted by Crippen LogP contribution is 2.41. The Morgan fingerprint density at radius 2 is 1.82 bits per heavy atom. The Morgan fingerprint density at radius 3 is 2.45 bits per heavy atom. The third kappa shape index (κ3) is 6.42. The van der Waals surface area contributed by atoms with Gasteiger partial charge in [-0.05, 0) is 74.5 Å². The molecule has 5 nitrogen and oxygen atoms in total. The number of pyridine rings is 1. The number of aliphatic hydroxyl groups excluding tert-OH is 2. The number of halogens is 4. The summed E-state index contributed by atoms with van der Waals surface area (Å²) in [5, 5.41) is 20.7. The lowest BCUT2D eigenvalue weighted by Crippen LogP contribution is -2.42. The molecule has 206 valence electrons. The molecule has 0 saturated carbocycles. The van der Waals surface area contributed by atoms with E-state index in [0.717, 1.165) is 12.1 Å². The number of alkyl halides is 1. The van der Waals surface area contributed by atoms with E-state index < -0.39 is 29.0 Å². The van der Waals surface area contributed by atoms with Crippen LogP contribution in [0.3, 0.4) is 0 Å². The van der Waals surface area contributed by atoms with Gasteiger partial charge in [-0.15, -0.1) is 11.8 Å². The molecule has 0 amide bonds. The number of ether oxygens (including phenoxy) is 1. The van der Waals surface area contributed by atoms with E-state index in [0.29, 0.717) is 77.3 Å². The molecule has 3 aromatic rings. The molecule has 1 fully saturated rings. The van der Waals surface area contributed by atoms with Crippen LogP contribution in [-0.2, 0) is 6.61 Å². The molecule has 1 aliphatic heterocycles. The van der Waals surface area contributed by atoms with Gasteiger partial charge < -0.3 is 19.8 Å². The van der Waals surface area contributed by atoms with Crippen molar-refractivity contribution in [2.75, 3.05) is 39.1 Å². The molecular weight excluding hydrogens is 520 g/mol. The first-order valence-corrected chi connectivity index (χ1v) is 13.6. The second-order valence-electron chi connectivity index (χ2n) is 9.79. The van der Waals surface area contributed by atoms with Crippen LogP contribution in [0.2, 0.25) is 0 Å². The number of hydrogen-bond donors (Lipinski definition) is 2. The first-order valence-electron chi connectivity index (χ1n) is 12.6. The summed E-state index contributed by atoms with van der Waals surface area (Å²) in [6.07, 6.45) is 2.23. The molecule has 1 aliphatic rings.